The summed E-state index contributed by atoms with van der Waals surface area (Å²) in [6, 6.07) is 2.00. The second-order valence-corrected chi connectivity index (χ2v) is 3.57. The molecule has 0 fully saturated rings. The highest BCUT2D eigenvalue weighted by Crippen LogP contribution is 2.00. The second kappa shape index (κ2) is 5.02. The van der Waals surface area contributed by atoms with E-state index in [-0.39, 0.29) is 0 Å². The molecular formula is C10H18N2O. The van der Waals surface area contributed by atoms with E-state index in [1.807, 2.05) is 16.9 Å². The van der Waals surface area contributed by atoms with E-state index in [9.17, 15) is 0 Å². The van der Waals surface area contributed by atoms with E-state index in [4.69, 9.17) is 4.74 Å². The SMILES string of the molecule is CCn1ccc(COCC(C)C)n1. The van der Waals surface area contributed by atoms with E-state index in [0.717, 1.165) is 18.8 Å². The molecule has 74 valence electrons. The molecule has 3 nitrogen and oxygen atoms in total. The molecule has 0 aromatic carbocycles. The average molecular weight is 182 g/mol. The molecule has 0 amide bonds. The molecule has 0 bridgehead atoms. The highest BCUT2D eigenvalue weighted by Gasteiger charge is 1.98. The summed E-state index contributed by atoms with van der Waals surface area (Å²) >= 11 is 0. The molecule has 0 spiro atoms. The van der Waals surface area contributed by atoms with E-state index in [0.29, 0.717) is 12.5 Å². The van der Waals surface area contributed by atoms with Crippen LogP contribution in [0.25, 0.3) is 0 Å². The zero-order valence-electron chi connectivity index (χ0n) is 8.66. The molecule has 0 aliphatic carbocycles. The first-order valence-corrected chi connectivity index (χ1v) is 4.82. The van der Waals surface area contributed by atoms with Crippen LogP contribution in [0.5, 0.6) is 0 Å². The van der Waals surface area contributed by atoms with Gasteiger partial charge >= 0.3 is 0 Å². The minimum atomic E-state index is 0.591. The maximum Gasteiger partial charge on any atom is 0.0906 e. The molecule has 1 heterocycles. The van der Waals surface area contributed by atoms with Gasteiger partial charge in [0.2, 0.25) is 0 Å². The fraction of sp³-hybridized carbons (Fsp3) is 0.700. The van der Waals surface area contributed by atoms with Gasteiger partial charge in [-0.25, -0.2) is 0 Å². The molecule has 3 heteroatoms. The van der Waals surface area contributed by atoms with Gasteiger partial charge in [0.05, 0.1) is 12.3 Å². The quantitative estimate of drug-likeness (QED) is 0.697. The van der Waals surface area contributed by atoms with Crippen LogP contribution in [0.3, 0.4) is 0 Å². The normalized spacial score (nSPS) is 11.1. The van der Waals surface area contributed by atoms with E-state index < -0.39 is 0 Å². The average Bonchev–Trinajstić information content (AvgIpc) is 2.52. The van der Waals surface area contributed by atoms with Gasteiger partial charge in [-0.05, 0) is 18.9 Å². The van der Waals surface area contributed by atoms with Gasteiger partial charge < -0.3 is 4.74 Å². The summed E-state index contributed by atoms with van der Waals surface area (Å²) in [6.45, 7) is 8.72. The Morgan fingerprint density at radius 2 is 2.31 bits per heavy atom. The van der Waals surface area contributed by atoms with Crippen LogP contribution >= 0.6 is 0 Å². The fourth-order valence-corrected chi connectivity index (χ4v) is 1.06. The molecule has 0 atom stereocenters. The molecule has 0 saturated carbocycles. The predicted octanol–water partition coefficient (Wildman–Crippen LogP) is 2.08. The minimum absolute atomic E-state index is 0.591. The number of hydrogen-bond donors (Lipinski definition) is 0. The zero-order chi connectivity index (χ0) is 9.68. The van der Waals surface area contributed by atoms with Crippen LogP contribution in [0.4, 0.5) is 0 Å². The van der Waals surface area contributed by atoms with Crippen molar-refractivity contribution in [2.75, 3.05) is 6.61 Å². The fourth-order valence-electron chi connectivity index (χ4n) is 1.06. The lowest BCUT2D eigenvalue weighted by Gasteiger charge is -2.04. The van der Waals surface area contributed by atoms with Crippen molar-refractivity contribution < 1.29 is 4.74 Å². The van der Waals surface area contributed by atoms with Crippen molar-refractivity contribution in [2.45, 2.75) is 33.9 Å². The number of ether oxygens (including phenoxy) is 1. The molecule has 0 N–H and O–H groups in total. The predicted molar refractivity (Wildman–Crippen MR) is 52.4 cm³/mol. The van der Waals surface area contributed by atoms with Crippen LogP contribution in [-0.4, -0.2) is 16.4 Å². The molecular weight excluding hydrogens is 164 g/mol. The summed E-state index contributed by atoms with van der Waals surface area (Å²) in [5.74, 6) is 0.591. The van der Waals surface area contributed by atoms with Gasteiger partial charge in [-0.2, -0.15) is 5.10 Å². The smallest absolute Gasteiger partial charge is 0.0906 e. The molecule has 0 aliphatic rings. The van der Waals surface area contributed by atoms with E-state index in [1.165, 1.54) is 0 Å². The number of hydrogen-bond acceptors (Lipinski definition) is 2. The lowest BCUT2D eigenvalue weighted by atomic mass is 10.2. The first-order valence-electron chi connectivity index (χ1n) is 4.82. The maximum absolute atomic E-state index is 5.46. The first kappa shape index (κ1) is 10.3. The molecule has 1 aromatic heterocycles. The number of nitrogens with zero attached hydrogens (tertiary/aromatic N) is 2. The number of aryl methyl sites for hydroxylation is 1. The van der Waals surface area contributed by atoms with Crippen molar-refractivity contribution in [3.05, 3.63) is 18.0 Å². The summed E-state index contributed by atoms with van der Waals surface area (Å²) < 4.78 is 7.37. The number of rotatable bonds is 5. The van der Waals surface area contributed by atoms with E-state index >= 15 is 0 Å². The standard InChI is InChI=1S/C10H18N2O/c1-4-12-6-5-10(11-12)8-13-7-9(2)3/h5-6,9H,4,7-8H2,1-3H3. The van der Waals surface area contributed by atoms with Gasteiger partial charge in [0.15, 0.2) is 0 Å². The highest BCUT2D eigenvalue weighted by molar-refractivity contribution is 4.96. The summed E-state index contributed by atoms with van der Waals surface area (Å²) in [5, 5.41) is 4.32. The summed E-state index contributed by atoms with van der Waals surface area (Å²) in [4.78, 5) is 0. The Labute approximate surface area is 79.7 Å². The Bertz CT molecular complexity index is 243. The van der Waals surface area contributed by atoms with Gasteiger partial charge in [-0.1, -0.05) is 13.8 Å². The summed E-state index contributed by atoms with van der Waals surface area (Å²) in [7, 11) is 0. The molecule has 0 saturated heterocycles. The van der Waals surface area contributed by atoms with Crippen molar-refractivity contribution in [1.82, 2.24) is 9.78 Å². The van der Waals surface area contributed by atoms with Gasteiger partial charge in [0, 0.05) is 19.3 Å². The molecule has 0 radical (unpaired) electrons. The monoisotopic (exact) mass is 182 g/mol. The Morgan fingerprint density at radius 1 is 1.54 bits per heavy atom. The third kappa shape index (κ3) is 3.59. The third-order valence-electron chi connectivity index (χ3n) is 1.72. The van der Waals surface area contributed by atoms with Crippen LogP contribution in [0, 0.1) is 5.92 Å². The second-order valence-electron chi connectivity index (χ2n) is 3.57. The van der Waals surface area contributed by atoms with Crippen molar-refractivity contribution in [3.8, 4) is 0 Å². The van der Waals surface area contributed by atoms with Gasteiger partial charge in [0.25, 0.3) is 0 Å². The maximum atomic E-state index is 5.46. The van der Waals surface area contributed by atoms with Crippen molar-refractivity contribution >= 4 is 0 Å². The van der Waals surface area contributed by atoms with Crippen molar-refractivity contribution in [3.63, 3.8) is 0 Å². The van der Waals surface area contributed by atoms with Crippen LogP contribution < -0.4 is 0 Å². The molecule has 0 aliphatic heterocycles. The van der Waals surface area contributed by atoms with Crippen LogP contribution in [0.2, 0.25) is 0 Å². The van der Waals surface area contributed by atoms with Crippen LogP contribution in [0.1, 0.15) is 26.5 Å². The third-order valence-corrected chi connectivity index (χ3v) is 1.72. The Kier molecular flexibility index (Phi) is 3.96. The topological polar surface area (TPSA) is 27.1 Å². The van der Waals surface area contributed by atoms with E-state index in [2.05, 4.69) is 25.9 Å². The highest BCUT2D eigenvalue weighted by atomic mass is 16.5. The Balaban J connectivity index is 2.28. The minimum Gasteiger partial charge on any atom is -0.375 e. The molecule has 1 aromatic rings. The van der Waals surface area contributed by atoms with Crippen LogP contribution in [-0.2, 0) is 17.9 Å². The van der Waals surface area contributed by atoms with Gasteiger partial charge in [0.1, 0.15) is 0 Å². The van der Waals surface area contributed by atoms with Crippen LogP contribution in [0.15, 0.2) is 12.3 Å². The summed E-state index contributed by atoms with van der Waals surface area (Å²) in [6.07, 6.45) is 1.98. The molecule has 1 rings (SSSR count). The summed E-state index contributed by atoms with van der Waals surface area (Å²) in [5.41, 5.74) is 1.02. The van der Waals surface area contributed by atoms with Gasteiger partial charge in [-0.15, -0.1) is 0 Å². The Hall–Kier alpha value is -0.830. The van der Waals surface area contributed by atoms with Gasteiger partial charge in [-0.3, -0.25) is 4.68 Å². The van der Waals surface area contributed by atoms with Crippen molar-refractivity contribution in [1.29, 1.82) is 0 Å². The zero-order valence-corrected chi connectivity index (χ0v) is 8.66. The lowest BCUT2D eigenvalue weighted by molar-refractivity contribution is 0.0944. The van der Waals surface area contributed by atoms with Crippen molar-refractivity contribution in [2.24, 2.45) is 5.92 Å². The largest absolute Gasteiger partial charge is 0.375 e. The van der Waals surface area contributed by atoms with E-state index in [1.54, 1.807) is 0 Å². The molecule has 13 heavy (non-hydrogen) atoms. The first-order chi connectivity index (χ1) is 6.22. The Morgan fingerprint density at radius 3 is 2.85 bits per heavy atom. The lowest BCUT2D eigenvalue weighted by Crippen LogP contribution is -2.03. The number of aromatic nitrogens is 2. The molecule has 0 unspecified atom stereocenters.